The van der Waals surface area contributed by atoms with E-state index in [1.165, 1.54) is 12.1 Å². The minimum absolute atomic E-state index is 0.137. The fraction of sp³-hybridized carbons (Fsp3) is 0.200. The topological polar surface area (TPSA) is 41.5 Å². The minimum atomic E-state index is -2.81. The third-order valence-electron chi connectivity index (χ3n) is 2.86. The lowest BCUT2D eigenvalue weighted by atomic mass is 10.2. The van der Waals surface area contributed by atoms with E-state index < -0.39 is 6.61 Å². The zero-order chi connectivity index (χ0) is 15.2. The quantitative estimate of drug-likeness (QED) is 0.819. The van der Waals surface area contributed by atoms with Crippen molar-refractivity contribution in [3.63, 3.8) is 0 Å². The largest absolute Gasteiger partial charge is 0.506 e. The monoisotopic (exact) mass is 357 g/mol. The van der Waals surface area contributed by atoms with E-state index in [2.05, 4.69) is 26.0 Å². The summed E-state index contributed by atoms with van der Waals surface area (Å²) in [5.41, 5.74) is 1.72. The van der Waals surface area contributed by atoms with Crippen molar-refractivity contribution in [2.75, 3.05) is 0 Å². The van der Waals surface area contributed by atoms with Crippen LogP contribution in [0.3, 0.4) is 0 Å². The summed E-state index contributed by atoms with van der Waals surface area (Å²) in [5, 5.41) is 13.0. The second-order valence-electron chi connectivity index (χ2n) is 4.37. The Morgan fingerprint density at radius 1 is 1.10 bits per heavy atom. The summed E-state index contributed by atoms with van der Waals surface area (Å²) in [5.74, 6) is 0.351. The van der Waals surface area contributed by atoms with Crippen molar-refractivity contribution in [1.29, 1.82) is 0 Å². The van der Waals surface area contributed by atoms with Crippen LogP contribution in [0, 0.1) is 0 Å². The fourth-order valence-corrected chi connectivity index (χ4v) is 2.24. The molecule has 0 heterocycles. The molecule has 0 aliphatic carbocycles. The van der Waals surface area contributed by atoms with Crippen LogP contribution < -0.4 is 10.1 Å². The lowest BCUT2D eigenvalue weighted by Crippen LogP contribution is -2.12. The average Bonchev–Trinajstić information content (AvgIpc) is 2.45. The van der Waals surface area contributed by atoms with Gasteiger partial charge in [0, 0.05) is 18.7 Å². The number of halogens is 3. The van der Waals surface area contributed by atoms with Gasteiger partial charge in [-0.25, -0.2) is 0 Å². The Morgan fingerprint density at radius 2 is 1.81 bits per heavy atom. The SMILES string of the molecule is Oc1c(Br)cccc1CNCc1ccc(OC(F)F)cc1. The summed E-state index contributed by atoms with van der Waals surface area (Å²) in [6.45, 7) is -1.75. The predicted molar refractivity (Wildman–Crippen MR) is 79.4 cm³/mol. The molecule has 21 heavy (non-hydrogen) atoms. The van der Waals surface area contributed by atoms with Gasteiger partial charge in [-0.05, 0) is 39.7 Å². The molecule has 0 atom stereocenters. The van der Waals surface area contributed by atoms with E-state index >= 15 is 0 Å². The number of ether oxygens (including phenoxy) is 1. The Morgan fingerprint density at radius 3 is 2.48 bits per heavy atom. The third-order valence-corrected chi connectivity index (χ3v) is 3.50. The highest BCUT2D eigenvalue weighted by Gasteiger charge is 2.05. The fourth-order valence-electron chi connectivity index (χ4n) is 1.83. The second kappa shape index (κ2) is 7.38. The molecule has 0 saturated carbocycles. The first-order valence-electron chi connectivity index (χ1n) is 6.27. The molecule has 0 spiro atoms. The lowest BCUT2D eigenvalue weighted by molar-refractivity contribution is -0.0498. The Labute approximate surface area is 129 Å². The molecule has 0 aliphatic rings. The van der Waals surface area contributed by atoms with Gasteiger partial charge >= 0.3 is 6.61 Å². The van der Waals surface area contributed by atoms with Crippen LogP contribution in [0.2, 0.25) is 0 Å². The first-order chi connectivity index (χ1) is 10.1. The molecule has 2 N–H and O–H groups in total. The number of hydrogen-bond donors (Lipinski definition) is 2. The number of phenols is 1. The number of nitrogens with one attached hydrogen (secondary N) is 1. The maximum Gasteiger partial charge on any atom is 0.387 e. The Hall–Kier alpha value is -1.66. The van der Waals surface area contributed by atoms with Gasteiger partial charge in [0.05, 0.1) is 4.47 Å². The number of phenolic OH excluding ortho intramolecular Hbond substituents is 1. The minimum Gasteiger partial charge on any atom is -0.506 e. The molecule has 0 radical (unpaired) electrons. The van der Waals surface area contributed by atoms with Crippen LogP contribution in [0.4, 0.5) is 8.78 Å². The number of alkyl halides is 2. The van der Waals surface area contributed by atoms with E-state index in [0.717, 1.165) is 11.1 Å². The summed E-state index contributed by atoms with van der Waals surface area (Å²) in [7, 11) is 0. The van der Waals surface area contributed by atoms with E-state index in [4.69, 9.17) is 0 Å². The maximum absolute atomic E-state index is 12.0. The summed E-state index contributed by atoms with van der Waals surface area (Å²) in [4.78, 5) is 0. The zero-order valence-corrected chi connectivity index (χ0v) is 12.6. The van der Waals surface area contributed by atoms with Crippen molar-refractivity contribution in [2.24, 2.45) is 0 Å². The van der Waals surface area contributed by atoms with Crippen molar-refractivity contribution >= 4 is 15.9 Å². The molecular weight excluding hydrogens is 344 g/mol. The van der Waals surface area contributed by atoms with Gasteiger partial charge in [-0.15, -0.1) is 0 Å². The molecule has 0 unspecified atom stereocenters. The van der Waals surface area contributed by atoms with Crippen LogP contribution in [-0.4, -0.2) is 11.7 Å². The van der Waals surface area contributed by atoms with E-state index in [1.54, 1.807) is 18.2 Å². The van der Waals surface area contributed by atoms with Crippen LogP contribution >= 0.6 is 15.9 Å². The van der Waals surface area contributed by atoms with Gasteiger partial charge < -0.3 is 15.2 Å². The summed E-state index contributed by atoms with van der Waals surface area (Å²) < 4.78 is 29.0. The molecule has 0 aliphatic heterocycles. The lowest BCUT2D eigenvalue weighted by Gasteiger charge is -2.09. The van der Waals surface area contributed by atoms with Gasteiger partial charge in [-0.1, -0.05) is 24.3 Å². The number of aromatic hydroxyl groups is 1. The van der Waals surface area contributed by atoms with Crippen LogP contribution in [0.25, 0.3) is 0 Å². The maximum atomic E-state index is 12.0. The van der Waals surface area contributed by atoms with Crippen molar-refractivity contribution in [3.8, 4) is 11.5 Å². The average molecular weight is 358 g/mol. The normalized spacial score (nSPS) is 10.9. The van der Waals surface area contributed by atoms with Gasteiger partial charge in [0.1, 0.15) is 11.5 Å². The zero-order valence-electron chi connectivity index (χ0n) is 11.0. The predicted octanol–water partition coefficient (Wildman–Crippen LogP) is 4.05. The molecule has 2 rings (SSSR count). The number of rotatable bonds is 6. The number of benzene rings is 2. The van der Waals surface area contributed by atoms with Crippen LogP contribution in [-0.2, 0) is 13.1 Å². The molecule has 2 aromatic rings. The summed E-state index contributed by atoms with van der Waals surface area (Å²) in [6, 6.07) is 11.9. The Kier molecular flexibility index (Phi) is 5.52. The smallest absolute Gasteiger partial charge is 0.387 e. The molecule has 6 heteroatoms. The highest BCUT2D eigenvalue weighted by atomic mass is 79.9. The summed E-state index contributed by atoms with van der Waals surface area (Å²) in [6.07, 6.45) is 0. The van der Waals surface area contributed by atoms with Gasteiger partial charge in [-0.3, -0.25) is 0 Å². The molecule has 3 nitrogen and oxygen atoms in total. The molecule has 0 amide bonds. The van der Waals surface area contributed by atoms with Gasteiger partial charge in [0.2, 0.25) is 0 Å². The molecule has 0 fully saturated rings. The van der Waals surface area contributed by atoms with Gasteiger partial charge in [-0.2, -0.15) is 8.78 Å². The molecule has 0 saturated heterocycles. The standard InChI is InChI=1S/C15H14BrF2NO2/c16-13-3-1-2-11(14(13)20)9-19-8-10-4-6-12(7-5-10)21-15(17)18/h1-7,15,19-20H,8-9H2. The van der Waals surface area contributed by atoms with Crippen LogP contribution in [0.15, 0.2) is 46.9 Å². The van der Waals surface area contributed by atoms with Crippen molar-refractivity contribution in [3.05, 3.63) is 58.1 Å². The Bertz CT molecular complexity index is 591. The first-order valence-corrected chi connectivity index (χ1v) is 7.06. The van der Waals surface area contributed by atoms with Gasteiger partial charge in [0.25, 0.3) is 0 Å². The van der Waals surface area contributed by atoms with E-state index in [9.17, 15) is 13.9 Å². The number of hydrogen-bond acceptors (Lipinski definition) is 3. The summed E-state index contributed by atoms with van der Waals surface area (Å²) >= 11 is 3.26. The highest BCUT2D eigenvalue weighted by molar-refractivity contribution is 9.10. The molecule has 0 bridgehead atoms. The van der Waals surface area contributed by atoms with E-state index in [0.29, 0.717) is 17.6 Å². The van der Waals surface area contributed by atoms with Gasteiger partial charge in [0.15, 0.2) is 0 Å². The van der Waals surface area contributed by atoms with Crippen LogP contribution in [0.5, 0.6) is 11.5 Å². The van der Waals surface area contributed by atoms with E-state index in [-0.39, 0.29) is 11.5 Å². The molecule has 0 aromatic heterocycles. The van der Waals surface area contributed by atoms with Crippen molar-refractivity contribution in [1.82, 2.24) is 5.32 Å². The van der Waals surface area contributed by atoms with Crippen molar-refractivity contribution in [2.45, 2.75) is 19.7 Å². The highest BCUT2D eigenvalue weighted by Crippen LogP contribution is 2.27. The molecule has 2 aromatic carbocycles. The molecule has 112 valence electrons. The first kappa shape index (κ1) is 15.7. The third kappa shape index (κ3) is 4.68. The van der Waals surface area contributed by atoms with Crippen LogP contribution in [0.1, 0.15) is 11.1 Å². The van der Waals surface area contributed by atoms with Crippen molar-refractivity contribution < 1.29 is 18.6 Å². The molecular formula is C15H14BrF2NO2. The van der Waals surface area contributed by atoms with E-state index in [1.807, 2.05) is 12.1 Å². The number of para-hydroxylation sites is 1. The second-order valence-corrected chi connectivity index (χ2v) is 5.23. The Balaban J connectivity index is 1.87.